The lowest BCUT2D eigenvalue weighted by atomic mass is 10.1. The Kier molecular flexibility index (Phi) is 7.78. The van der Waals surface area contributed by atoms with Crippen LogP contribution in [0, 0.1) is 0 Å². The van der Waals surface area contributed by atoms with Crippen LogP contribution in [0.4, 0.5) is 5.95 Å². The maximum Gasteiger partial charge on any atom is 0.264 e. The lowest BCUT2D eigenvalue weighted by molar-refractivity contribution is -0.118. The molecule has 0 radical (unpaired) electrons. The Morgan fingerprint density at radius 3 is 2.42 bits per heavy atom. The maximum atomic E-state index is 12.5. The largest absolute Gasteiger partial charge is 0.484 e. The Labute approximate surface area is 183 Å². The zero-order valence-electron chi connectivity index (χ0n) is 18.4. The number of ketones is 1. The Morgan fingerprint density at radius 2 is 1.74 bits per heavy atom. The van der Waals surface area contributed by atoms with Gasteiger partial charge in [-0.2, -0.15) is 0 Å². The highest BCUT2D eigenvalue weighted by Crippen LogP contribution is 2.20. The molecule has 31 heavy (non-hydrogen) atoms. The normalized spacial score (nSPS) is 11.1. The van der Waals surface area contributed by atoms with Crippen molar-refractivity contribution in [3.8, 4) is 5.75 Å². The summed E-state index contributed by atoms with van der Waals surface area (Å²) in [6.45, 7) is 9.51. The third-order valence-electron chi connectivity index (χ3n) is 5.31. The number of anilines is 1. The van der Waals surface area contributed by atoms with Crippen LogP contribution in [0.3, 0.4) is 0 Å². The van der Waals surface area contributed by atoms with Gasteiger partial charge in [-0.3, -0.25) is 14.9 Å². The van der Waals surface area contributed by atoms with Crippen molar-refractivity contribution < 1.29 is 14.3 Å². The average molecular weight is 423 g/mol. The van der Waals surface area contributed by atoms with Crippen molar-refractivity contribution in [3.05, 3.63) is 54.1 Å². The summed E-state index contributed by atoms with van der Waals surface area (Å²) in [7, 11) is 0. The van der Waals surface area contributed by atoms with E-state index in [1.54, 1.807) is 24.3 Å². The Hall–Kier alpha value is -3.19. The molecular weight excluding hydrogens is 392 g/mol. The number of hydrogen-bond donors (Lipinski definition) is 1. The molecule has 1 aromatic heterocycles. The minimum Gasteiger partial charge on any atom is -0.484 e. The van der Waals surface area contributed by atoms with E-state index in [-0.39, 0.29) is 18.3 Å². The van der Waals surface area contributed by atoms with E-state index in [4.69, 9.17) is 4.74 Å². The summed E-state index contributed by atoms with van der Waals surface area (Å²) in [4.78, 5) is 31.2. The molecule has 2 aromatic carbocycles. The summed E-state index contributed by atoms with van der Waals surface area (Å²) in [5.41, 5.74) is 2.47. The first-order valence-electron chi connectivity index (χ1n) is 10.8. The topological polar surface area (TPSA) is 76.5 Å². The average Bonchev–Trinajstić information content (AvgIpc) is 3.15. The first kappa shape index (κ1) is 22.5. The van der Waals surface area contributed by atoms with Gasteiger partial charge in [0.05, 0.1) is 11.0 Å². The number of aromatic nitrogens is 2. The molecule has 1 N–H and O–H groups in total. The van der Waals surface area contributed by atoms with Crippen molar-refractivity contribution in [1.29, 1.82) is 0 Å². The van der Waals surface area contributed by atoms with Crippen molar-refractivity contribution in [3.63, 3.8) is 0 Å². The molecule has 0 aliphatic carbocycles. The first-order chi connectivity index (χ1) is 15.0. The molecule has 3 aromatic rings. The predicted molar refractivity (Wildman–Crippen MR) is 123 cm³/mol. The van der Waals surface area contributed by atoms with Crippen LogP contribution in [0.15, 0.2) is 48.5 Å². The van der Waals surface area contributed by atoms with Crippen LogP contribution in [0.5, 0.6) is 5.75 Å². The van der Waals surface area contributed by atoms with Gasteiger partial charge in [0.15, 0.2) is 12.4 Å². The number of ether oxygens (including phenoxy) is 1. The number of benzene rings is 2. The molecule has 0 aliphatic rings. The van der Waals surface area contributed by atoms with E-state index in [2.05, 4.69) is 29.0 Å². The highest BCUT2D eigenvalue weighted by atomic mass is 16.5. The number of para-hydroxylation sites is 2. The number of amides is 1. The van der Waals surface area contributed by atoms with E-state index in [9.17, 15) is 9.59 Å². The number of carbonyl (C=O) groups excluding carboxylic acids is 2. The zero-order valence-corrected chi connectivity index (χ0v) is 18.4. The second-order valence-corrected chi connectivity index (χ2v) is 7.24. The van der Waals surface area contributed by atoms with Crippen molar-refractivity contribution in [1.82, 2.24) is 14.5 Å². The SMILES string of the molecule is CCC(=O)c1ccc(OCC(=O)Nc2nc3ccccc3n2CCN(CC)CC)cc1. The number of carbonyl (C=O) groups is 2. The summed E-state index contributed by atoms with van der Waals surface area (Å²) in [5.74, 6) is 0.852. The van der Waals surface area contributed by atoms with E-state index in [0.717, 1.165) is 37.2 Å². The number of fused-ring (bicyclic) bond motifs is 1. The molecule has 3 rings (SSSR count). The molecule has 0 spiro atoms. The molecule has 0 saturated carbocycles. The van der Waals surface area contributed by atoms with Crippen molar-refractivity contribution in [2.75, 3.05) is 31.6 Å². The van der Waals surface area contributed by atoms with Crippen LogP contribution in [0.25, 0.3) is 11.0 Å². The highest BCUT2D eigenvalue weighted by Gasteiger charge is 2.14. The minimum atomic E-state index is -0.284. The van der Waals surface area contributed by atoms with E-state index in [0.29, 0.717) is 23.7 Å². The van der Waals surface area contributed by atoms with Gasteiger partial charge < -0.3 is 14.2 Å². The molecule has 0 aliphatic heterocycles. The number of imidazole rings is 1. The van der Waals surface area contributed by atoms with Gasteiger partial charge in [-0.1, -0.05) is 32.9 Å². The van der Waals surface area contributed by atoms with Gasteiger partial charge in [-0.15, -0.1) is 0 Å². The van der Waals surface area contributed by atoms with E-state index >= 15 is 0 Å². The van der Waals surface area contributed by atoms with Gasteiger partial charge >= 0.3 is 0 Å². The van der Waals surface area contributed by atoms with Crippen LogP contribution in [0.1, 0.15) is 37.6 Å². The molecule has 1 amide bonds. The third-order valence-corrected chi connectivity index (χ3v) is 5.31. The van der Waals surface area contributed by atoms with Crippen LogP contribution in [0.2, 0.25) is 0 Å². The predicted octanol–water partition coefficient (Wildman–Crippen LogP) is 3.99. The molecular formula is C24H30N4O3. The third kappa shape index (κ3) is 5.70. The van der Waals surface area contributed by atoms with Gasteiger partial charge in [0.25, 0.3) is 5.91 Å². The van der Waals surface area contributed by atoms with Crippen LogP contribution >= 0.6 is 0 Å². The molecule has 0 bridgehead atoms. The maximum absolute atomic E-state index is 12.5. The fourth-order valence-electron chi connectivity index (χ4n) is 3.43. The summed E-state index contributed by atoms with van der Waals surface area (Å²) in [6, 6.07) is 14.7. The molecule has 0 unspecified atom stereocenters. The number of hydrogen-bond acceptors (Lipinski definition) is 5. The standard InChI is InChI=1S/C24H30N4O3/c1-4-22(29)18-11-13-19(14-12-18)31-17-23(30)26-24-25-20-9-7-8-10-21(20)28(24)16-15-27(5-2)6-3/h7-14H,4-6,15-17H2,1-3H3,(H,25,26,30). The van der Waals surface area contributed by atoms with E-state index in [1.165, 1.54) is 0 Å². The van der Waals surface area contributed by atoms with Crippen LogP contribution in [-0.4, -0.2) is 52.4 Å². The molecule has 164 valence electrons. The Balaban J connectivity index is 1.67. The number of nitrogens with one attached hydrogen (secondary N) is 1. The fraction of sp³-hybridized carbons (Fsp3) is 0.375. The van der Waals surface area contributed by atoms with Crippen molar-refractivity contribution in [2.24, 2.45) is 0 Å². The minimum absolute atomic E-state index is 0.0768. The van der Waals surface area contributed by atoms with Gasteiger partial charge in [0.2, 0.25) is 5.95 Å². The van der Waals surface area contributed by atoms with Crippen LogP contribution in [-0.2, 0) is 11.3 Å². The number of rotatable bonds is 11. The van der Waals surface area contributed by atoms with Gasteiger partial charge in [0.1, 0.15) is 5.75 Å². The highest BCUT2D eigenvalue weighted by molar-refractivity contribution is 5.96. The van der Waals surface area contributed by atoms with Crippen LogP contribution < -0.4 is 10.1 Å². The number of Topliss-reactive ketones (excluding diaryl/α,β-unsaturated/α-hetero) is 1. The molecule has 1 heterocycles. The van der Waals surface area contributed by atoms with Gasteiger partial charge in [-0.05, 0) is 49.5 Å². The monoisotopic (exact) mass is 422 g/mol. The number of nitrogens with zero attached hydrogens (tertiary/aromatic N) is 3. The van der Waals surface area contributed by atoms with Crippen molar-refractivity contribution >= 4 is 28.7 Å². The van der Waals surface area contributed by atoms with Gasteiger partial charge in [-0.25, -0.2) is 4.98 Å². The lowest BCUT2D eigenvalue weighted by Crippen LogP contribution is -2.28. The zero-order chi connectivity index (χ0) is 22.2. The molecule has 7 heteroatoms. The first-order valence-corrected chi connectivity index (χ1v) is 10.8. The van der Waals surface area contributed by atoms with Gasteiger partial charge in [0, 0.05) is 25.1 Å². The Morgan fingerprint density at radius 1 is 1.03 bits per heavy atom. The summed E-state index contributed by atoms with van der Waals surface area (Å²) in [6.07, 6.45) is 0.456. The lowest BCUT2D eigenvalue weighted by Gasteiger charge is -2.19. The molecule has 0 fully saturated rings. The quantitative estimate of drug-likeness (QED) is 0.473. The van der Waals surface area contributed by atoms with Crippen molar-refractivity contribution in [2.45, 2.75) is 33.7 Å². The molecule has 7 nitrogen and oxygen atoms in total. The summed E-state index contributed by atoms with van der Waals surface area (Å²) in [5, 5.41) is 2.88. The molecule has 0 atom stereocenters. The van der Waals surface area contributed by atoms with E-state index in [1.807, 2.05) is 35.8 Å². The summed E-state index contributed by atoms with van der Waals surface area (Å²) >= 11 is 0. The fourth-order valence-corrected chi connectivity index (χ4v) is 3.43. The smallest absolute Gasteiger partial charge is 0.264 e. The second kappa shape index (κ2) is 10.7. The van der Waals surface area contributed by atoms with E-state index < -0.39 is 0 Å². The number of likely N-dealkylation sites (N-methyl/N-ethyl adjacent to an activating group) is 1. The summed E-state index contributed by atoms with van der Waals surface area (Å²) < 4.78 is 7.63. The molecule has 0 saturated heterocycles. The second-order valence-electron chi connectivity index (χ2n) is 7.24. The Bertz CT molecular complexity index is 1020.